The molecule has 0 saturated carbocycles. The number of carbonyl (C=O) groups is 2. The summed E-state index contributed by atoms with van der Waals surface area (Å²) < 4.78 is 5.29. The van der Waals surface area contributed by atoms with Gasteiger partial charge in [-0.05, 0) is 18.2 Å². The lowest BCUT2D eigenvalue weighted by atomic mass is 10.2. The van der Waals surface area contributed by atoms with Crippen LogP contribution in [-0.2, 0) is 4.79 Å². The molecule has 0 spiro atoms. The van der Waals surface area contributed by atoms with Crippen molar-refractivity contribution in [1.29, 1.82) is 0 Å². The van der Waals surface area contributed by atoms with Crippen molar-refractivity contribution in [2.75, 3.05) is 30.5 Å². The average Bonchev–Trinajstić information content (AvgIpc) is 2.32. The molecule has 1 aliphatic heterocycles. The SMILES string of the molecule is CN(C(=O)Br)c1ccc2c(c1)N(C)C(=O)CO2. The lowest BCUT2D eigenvalue weighted by Crippen LogP contribution is -2.35. The number of ether oxygens (including phenoxy) is 1. The lowest BCUT2D eigenvalue weighted by molar-refractivity contribution is -0.120. The minimum atomic E-state index is -0.247. The molecule has 0 N–H and O–H groups in total. The van der Waals surface area contributed by atoms with Crippen LogP contribution >= 0.6 is 15.9 Å². The molecule has 0 aliphatic carbocycles. The fourth-order valence-electron chi connectivity index (χ4n) is 1.57. The maximum Gasteiger partial charge on any atom is 0.293 e. The second kappa shape index (κ2) is 4.37. The Bertz CT molecular complexity index is 490. The number of rotatable bonds is 1. The van der Waals surface area contributed by atoms with Crippen LogP contribution in [0.3, 0.4) is 0 Å². The third-order valence-corrected chi connectivity index (χ3v) is 3.21. The first kappa shape index (κ1) is 11.9. The third kappa shape index (κ3) is 2.12. The number of hydrogen-bond donors (Lipinski definition) is 0. The van der Waals surface area contributed by atoms with Crippen molar-refractivity contribution < 1.29 is 14.3 Å². The number of carbonyl (C=O) groups excluding carboxylic acids is 2. The fourth-order valence-corrected chi connectivity index (χ4v) is 1.78. The highest BCUT2D eigenvalue weighted by Crippen LogP contribution is 2.34. The summed E-state index contributed by atoms with van der Waals surface area (Å²) in [7, 11) is 3.33. The van der Waals surface area contributed by atoms with E-state index in [0.29, 0.717) is 17.1 Å². The van der Waals surface area contributed by atoms with E-state index in [4.69, 9.17) is 4.74 Å². The van der Waals surface area contributed by atoms with Gasteiger partial charge in [0.2, 0.25) is 0 Å². The molecule has 0 radical (unpaired) electrons. The quantitative estimate of drug-likeness (QED) is 0.588. The van der Waals surface area contributed by atoms with Gasteiger partial charge in [0.05, 0.1) is 5.69 Å². The average molecular weight is 299 g/mol. The van der Waals surface area contributed by atoms with Gasteiger partial charge in [0.15, 0.2) is 6.61 Å². The molecule has 5 nitrogen and oxygen atoms in total. The standard InChI is InChI=1S/C11H11BrN2O3/c1-13(11(12)16)7-3-4-9-8(5-7)14(2)10(15)6-17-9/h3-5H,6H2,1-2H3. The van der Waals surface area contributed by atoms with E-state index in [2.05, 4.69) is 15.9 Å². The Labute approximate surface area is 107 Å². The fraction of sp³-hybridized carbons (Fsp3) is 0.273. The van der Waals surface area contributed by atoms with Gasteiger partial charge in [-0.15, -0.1) is 0 Å². The predicted molar refractivity (Wildman–Crippen MR) is 68.1 cm³/mol. The van der Waals surface area contributed by atoms with Crippen LogP contribution in [0.4, 0.5) is 16.2 Å². The number of likely N-dealkylation sites (N-methyl/N-ethyl adjacent to an activating group) is 1. The molecule has 0 bridgehead atoms. The van der Waals surface area contributed by atoms with Gasteiger partial charge in [-0.2, -0.15) is 0 Å². The van der Waals surface area contributed by atoms with Crippen LogP contribution in [0.1, 0.15) is 0 Å². The van der Waals surface area contributed by atoms with Gasteiger partial charge in [-0.25, -0.2) is 0 Å². The molecule has 1 aromatic carbocycles. The summed E-state index contributed by atoms with van der Waals surface area (Å²) in [6.45, 7) is 0.0516. The summed E-state index contributed by atoms with van der Waals surface area (Å²) in [5.74, 6) is 0.536. The molecule has 1 heterocycles. The number of amides is 2. The maximum absolute atomic E-state index is 11.5. The van der Waals surface area contributed by atoms with E-state index >= 15 is 0 Å². The third-order valence-electron chi connectivity index (χ3n) is 2.68. The predicted octanol–water partition coefficient (Wildman–Crippen LogP) is 1.99. The first-order valence-corrected chi connectivity index (χ1v) is 5.76. The Morgan fingerprint density at radius 3 is 2.88 bits per heavy atom. The molecular weight excluding hydrogens is 288 g/mol. The van der Waals surface area contributed by atoms with E-state index < -0.39 is 0 Å². The minimum absolute atomic E-state index is 0.0516. The van der Waals surface area contributed by atoms with Crippen LogP contribution in [0.15, 0.2) is 18.2 Å². The second-order valence-electron chi connectivity index (χ2n) is 3.71. The summed E-state index contributed by atoms with van der Waals surface area (Å²) in [4.78, 5) is 25.4. The summed E-state index contributed by atoms with van der Waals surface area (Å²) in [5.41, 5.74) is 1.36. The van der Waals surface area contributed by atoms with Crippen LogP contribution in [0, 0.1) is 0 Å². The number of hydrogen-bond acceptors (Lipinski definition) is 3. The van der Waals surface area contributed by atoms with Gasteiger partial charge in [0, 0.05) is 35.7 Å². The normalized spacial score (nSPS) is 14.1. The van der Waals surface area contributed by atoms with Crippen LogP contribution in [0.25, 0.3) is 0 Å². The van der Waals surface area contributed by atoms with Crippen molar-refractivity contribution in [3.8, 4) is 5.75 Å². The second-order valence-corrected chi connectivity index (χ2v) is 4.38. The Balaban J connectivity index is 2.42. The maximum atomic E-state index is 11.5. The van der Waals surface area contributed by atoms with Crippen molar-refractivity contribution in [2.24, 2.45) is 0 Å². The van der Waals surface area contributed by atoms with Crippen molar-refractivity contribution in [3.63, 3.8) is 0 Å². The van der Waals surface area contributed by atoms with E-state index in [1.165, 1.54) is 9.80 Å². The van der Waals surface area contributed by atoms with Gasteiger partial charge in [-0.3, -0.25) is 9.59 Å². The Morgan fingerprint density at radius 2 is 2.24 bits per heavy atom. The molecule has 2 rings (SSSR count). The molecule has 0 aromatic heterocycles. The van der Waals surface area contributed by atoms with Crippen LogP contribution in [0.2, 0.25) is 0 Å². The molecule has 0 fully saturated rings. The van der Waals surface area contributed by atoms with E-state index in [1.54, 1.807) is 32.3 Å². The lowest BCUT2D eigenvalue weighted by Gasteiger charge is -2.27. The Morgan fingerprint density at radius 1 is 1.53 bits per heavy atom. The van der Waals surface area contributed by atoms with E-state index in [9.17, 15) is 9.59 Å². The zero-order valence-corrected chi connectivity index (χ0v) is 11.0. The molecule has 0 unspecified atom stereocenters. The molecule has 6 heteroatoms. The highest BCUT2D eigenvalue weighted by molar-refractivity contribution is 9.18. The number of benzene rings is 1. The minimum Gasteiger partial charge on any atom is -0.482 e. The first-order chi connectivity index (χ1) is 8.00. The number of fused-ring (bicyclic) bond motifs is 1. The van der Waals surface area contributed by atoms with Crippen LogP contribution < -0.4 is 14.5 Å². The number of anilines is 2. The van der Waals surface area contributed by atoms with Gasteiger partial charge < -0.3 is 14.5 Å². The largest absolute Gasteiger partial charge is 0.482 e. The van der Waals surface area contributed by atoms with Gasteiger partial charge in [0.25, 0.3) is 10.7 Å². The molecule has 1 aromatic rings. The van der Waals surface area contributed by atoms with Crippen molar-refractivity contribution >= 4 is 38.0 Å². The highest BCUT2D eigenvalue weighted by atomic mass is 79.9. The summed E-state index contributed by atoms with van der Waals surface area (Å²) in [6, 6.07) is 5.26. The Kier molecular flexibility index (Phi) is 3.06. The highest BCUT2D eigenvalue weighted by Gasteiger charge is 2.23. The smallest absolute Gasteiger partial charge is 0.293 e. The van der Waals surface area contributed by atoms with Crippen molar-refractivity contribution in [3.05, 3.63) is 18.2 Å². The first-order valence-electron chi connectivity index (χ1n) is 4.97. The molecule has 1 aliphatic rings. The number of halogens is 1. The van der Waals surface area contributed by atoms with Crippen LogP contribution in [-0.4, -0.2) is 31.4 Å². The summed E-state index contributed by atoms with van der Waals surface area (Å²) in [6.07, 6.45) is 0. The number of nitrogens with zero attached hydrogens (tertiary/aromatic N) is 2. The zero-order valence-electron chi connectivity index (χ0n) is 9.44. The van der Waals surface area contributed by atoms with Gasteiger partial charge in [0.1, 0.15) is 5.75 Å². The molecule has 17 heavy (non-hydrogen) atoms. The van der Waals surface area contributed by atoms with Gasteiger partial charge >= 0.3 is 0 Å². The van der Waals surface area contributed by atoms with E-state index in [-0.39, 0.29) is 17.3 Å². The van der Waals surface area contributed by atoms with Crippen molar-refractivity contribution in [1.82, 2.24) is 0 Å². The molecular formula is C11H11BrN2O3. The molecule has 90 valence electrons. The summed E-state index contributed by atoms with van der Waals surface area (Å²) in [5, 5.41) is 0. The van der Waals surface area contributed by atoms with Crippen LogP contribution in [0.5, 0.6) is 5.75 Å². The van der Waals surface area contributed by atoms with Gasteiger partial charge in [-0.1, -0.05) is 0 Å². The molecule has 2 amide bonds. The zero-order chi connectivity index (χ0) is 12.6. The topological polar surface area (TPSA) is 49.9 Å². The molecule has 0 atom stereocenters. The van der Waals surface area contributed by atoms with E-state index in [1.807, 2.05) is 0 Å². The summed E-state index contributed by atoms with van der Waals surface area (Å²) >= 11 is 2.87. The van der Waals surface area contributed by atoms with E-state index in [0.717, 1.165) is 0 Å². The van der Waals surface area contributed by atoms with Crippen molar-refractivity contribution in [2.45, 2.75) is 0 Å². The Hall–Kier alpha value is -1.56. The monoisotopic (exact) mass is 298 g/mol. The molecule has 0 saturated heterocycles.